The summed E-state index contributed by atoms with van der Waals surface area (Å²) in [6.07, 6.45) is 0.481. The maximum absolute atomic E-state index is 11.6. The Balaban J connectivity index is 2.81. The van der Waals surface area contributed by atoms with Crippen LogP contribution in [-0.2, 0) is 23.9 Å². The molecule has 0 aliphatic carbocycles. The van der Waals surface area contributed by atoms with Crippen molar-refractivity contribution >= 4 is 17.8 Å². The molecule has 0 aromatic rings. The van der Waals surface area contributed by atoms with Gasteiger partial charge in [-0.05, 0) is 6.92 Å². The highest BCUT2D eigenvalue weighted by atomic mass is 16.6. The summed E-state index contributed by atoms with van der Waals surface area (Å²) in [5.74, 6) is -1.66. The van der Waals surface area contributed by atoms with Gasteiger partial charge in [0, 0.05) is 6.92 Å². The van der Waals surface area contributed by atoms with Crippen molar-refractivity contribution in [3.63, 3.8) is 0 Å². The number of hydrogen-bond donors (Lipinski definition) is 0. The van der Waals surface area contributed by atoms with Crippen LogP contribution in [0, 0.1) is 0 Å². The highest BCUT2D eigenvalue weighted by Crippen LogP contribution is 2.24. The van der Waals surface area contributed by atoms with E-state index in [-0.39, 0.29) is 25.0 Å². The van der Waals surface area contributed by atoms with Gasteiger partial charge in [0.15, 0.2) is 0 Å². The molecule has 1 aliphatic heterocycles. The van der Waals surface area contributed by atoms with E-state index in [9.17, 15) is 14.4 Å². The topological polar surface area (TPSA) is 72.9 Å². The second-order valence-electron chi connectivity index (χ2n) is 3.52. The second-order valence-corrected chi connectivity index (χ2v) is 3.52. The number of β-lactam (4-membered cyclic amide) rings is 1. The first kappa shape index (κ1) is 13.2. The third kappa shape index (κ3) is 2.83. The zero-order valence-corrected chi connectivity index (χ0v) is 9.84. The van der Waals surface area contributed by atoms with Gasteiger partial charge in [0.2, 0.25) is 5.91 Å². The normalized spacial score (nSPS) is 20.2. The van der Waals surface area contributed by atoms with Crippen molar-refractivity contribution in [1.29, 1.82) is 0 Å². The molecule has 2 atom stereocenters. The lowest BCUT2D eigenvalue weighted by molar-refractivity contribution is -0.192. The minimum atomic E-state index is -1.31. The molecule has 0 saturated carbocycles. The zero-order chi connectivity index (χ0) is 13.0. The van der Waals surface area contributed by atoms with Crippen LogP contribution < -0.4 is 0 Å². The summed E-state index contributed by atoms with van der Waals surface area (Å²) < 4.78 is 9.57. The molecule has 0 aromatic heterocycles. The number of likely N-dealkylation sites (tertiary alicyclic amines) is 1. The van der Waals surface area contributed by atoms with Crippen LogP contribution in [0.5, 0.6) is 0 Å². The monoisotopic (exact) mass is 241 g/mol. The van der Waals surface area contributed by atoms with Crippen LogP contribution in [0.4, 0.5) is 0 Å². The smallest absolute Gasteiger partial charge is 0.369 e. The molecule has 6 heteroatoms. The number of carbonyl (C=O) groups excluding carboxylic acids is 3. The lowest BCUT2D eigenvalue weighted by Gasteiger charge is -2.41. The maximum Gasteiger partial charge on any atom is 0.369 e. The van der Waals surface area contributed by atoms with Crippen LogP contribution in [0.2, 0.25) is 0 Å². The van der Waals surface area contributed by atoms with Crippen molar-refractivity contribution < 1.29 is 23.9 Å². The van der Waals surface area contributed by atoms with Gasteiger partial charge in [-0.1, -0.05) is 6.08 Å². The van der Waals surface area contributed by atoms with Crippen LogP contribution >= 0.6 is 0 Å². The first-order valence-electron chi connectivity index (χ1n) is 5.28. The highest BCUT2D eigenvalue weighted by Gasteiger charge is 2.44. The maximum atomic E-state index is 11.6. The fourth-order valence-electron chi connectivity index (χ4n) is 1.55. The number of amides is 1. The first-order valence-corrected chi connectivity index (χ1v) is 5.28. The Kier molecular flexibility index (Phi) is 4.25. The summed E-state index contributed by atoms with van der Waals surface area (Å²) in [5, 5.41) is 0. The van der Waals surface area contributed by atoms with Crippen LogP contribution in [0.25, 0.3) is 0 Å². The highest BCUT2D eigenvalue weighted by molar-refractivity contribution is 5.90. The Hall–Kier alpha value is -1.85. The first-order chi connectivity index (χ1) is 8.01. The summed E-state index contributed by atoms with van der Waals surface area (Å²) in [4.78, 5) is 35.1. The van der Waals surface area contributed by atoms with E-state index >= 15 is 0 Å². The summed E-state index contributed by atoms with van der Waals surface area (Å²) in [5.41, 5.74) is 0. The molecule has 1 saturated heterocycles. The molecule has 0 spiro atoms. The fourth-order valence-corrected chi connectivity index (χ4v) is 1.55. The van der Waals surface area contributed by atoms with Gasteiger partial charge < -0.3 is 9.47 Å². The van der Waals surface area contributed by atoms with Crippen molar-refractivity contribution in [2.75, 3.05) is 6.61 Å². The second kappa shape index (κ2) is 5.47. The Bertz CT molecular complexity index is 352. The molecule has 0 N–H and O–H groups in total. The molecule has 2 unspecified atom stereocenters. The number of ether oxygens (including phenoxy) is 2. The summed E-state index contributed by atoms with van der Waals surface area (Å²) >= 11 is 0. The van der Waals surface area contributed by atoms with Gasteiger partial charge in [-0.15, -0.1) is 6.58 Å². The molecule has 1 rings (SSSR count). The number of nitrogens with zero attached hydrogens (tertiary/aromatic N) is 1. The van der Waals surface area contributed by atoms with E-state index < -0.39 is 18.2 Å². The van der Waals surface area contributed by atoms with Crippen molar-refractivity contribution in [3.8, 4) is 0 Å². The number of esters is 2. The Morgan fingerprint density at radius 2 is 2.29 bits per heavy atom. The van der Waals surface area contributed by atoms with Crippen molar-refractivity contribution in [2.45, 2.75) is 32.5 Å². The van der Waals surface area contributed by atoms with E-state index in [0.717, 1.165) is 4.90 Å². The molecule has 6 nitrogen and oxygen atoms in total. The standard InChI is InChI=1S/C11H15NO5/c1-4-8-6-9(14)12(8)10(17-7(3)13)11(15)16-5-2/h4,8,10H,1,5-6H2,2-3H3. The van der Waals surface area contributed by atoms with Crippen LogP contribution in [-0.4, -0.2) is 41.6 Å². The van der Waals surface area contributed by atoms with E-state index in [1.165, 1.54) is 13.0 Å². The largest absolute Gasteiger partial charge is 0.462 e. The predicted octanol–water partition coefficient (Wildman–Crippen LogP) is 0.226. The molecular weight excluding hydrogens is 226 g/mol. The average molecular weight is 241 g/mol. The molecule has 0 aromatic carbocycles. The van der Waals surface area contributed by atoms with E-state index in [2.05, 4.69) is 6.58 Å². The van der Waals surface area contributed by atoms with E-state index in [1.54, 1.807) is 6.92 Å². The SMILES string of the molecule is C=CC1CC(=O)N1C(OC(C)=O)C(=O)OCC. The molecule has 1 aliphatic rings. The lowest BCUT2D eigenvalue weighted by Crippen LogP contribution is -2.60. The quantitative estimate of drug-likeness (QED) is 0.391. The fraction of sp³-hybridized carbons (Fsp3) is 0.545. The van der Waals surface area contributed by atoms with Crippen molar-refractivity contribution in [2.24, 2.45) is 0 Å². The molecular formula is C11H15NO5. The molecule has 0 bridgehead atoms. The molecule has 17 heavy (non-hydrogen) atoms. The summed E-state index contributed by atoms with van der Waals surface area (Å²) in [6.45, 7) is 6.49. The number of rotatable bonds is 5. The molecule has 1 amide bonds. The summed E-state index contributed by atoms with van der Waals surface area (Å²) in [6, 6.07) is -0.295. The minimum Gasteiger partial charge on any atom is -0.462 e. The molecule has 1 fully saturated rings. The third-order valence-corrected chi connectivity index (χ3v) is 2.32. The Morgan fingerprint density at radius 1 is 1.65 bits per heavy atom. The van der Waals surface area contributed by atoms with Crippen molar-refractivity contribution in [1.82, 2.24) is 4.90 Å². The van der Waals surface area contributed by atoms with Gasteiger partial charge in [-0.25, -0.2) is 4.79 Å². The number of hydrogen-bond acceptors (Lipinski definition) is 5. The van der Waals surface area contributed by atoms with Gasteiger partial charge in [0.25, 0.3) is 6.23 Å². The lowest BCUT2D eigenvalue weighted by atomic mass is 10.0. The van der Waals surface area contributed by atoms with Gasteiger partial charge >= 0.3 is 11.9 Å². The van der Waals surface area contributed by atoms with E-state index in [0.29, 0.717) is 0 Å². The minimum absolute atomic E-state index is 0.150. The van der Waals surface area contributed by atoms with Crippen LogP contribution in [0.1, 0.15) is 20.3 Å². The van der Waals surface area contributed by atoms with Crippen LogP contribution in [0.3, 0.4) is 0 Å². The van der Waals surface area contributed by atoms with Crippen LogP contribution in [0.15, 0.2) is 12.7 Å². The predicted molar refractivity (Wildman–Crippen MR) is 57.6 cm³/mol. The molecule has 1 heterocycles. The number of carbonyl (C=O) groups is 3. The molecule has 0 radical (unpaired) electrons. The zero-order valence-electron chi connectivity index (χ0n) is 9.84. The van der Waals surface area contributed by atoms with Crippen molar-refractivity contribution in [3.05, 3.63) is 12.7 Å². The Labute approximate surface area is 99.2 Å². The van der Waals surface area contributed by atoms with Gasteiger partial charge in [0.1, 0.15) is 0 Å². The van der Waals surface area contributed by atoms with E-state index in [4.69, 9.17) is 9.47 Å². The third-order valence-electron chi connectivity index (χ3n) is 2.32. The van der Waals surface area contributed by atoms with E-state index in [1.807, 2.05) is 0 Å². The summed E-state index contributed by atoms with van der Waals surface area (Å²) in [7, 11) is 0. The van der Waals surface area contributed by atoms with Gasteiger partial charge in [0.05, 0.1) is 19.1 Å². The average Bonchev–Trinajstić information content (AvgIpc) is 2.24. The van der Waals surface area contributed by atoms with Gasteiger partial charge in [-0.3, -0.25) is 14.5 Å². The Morgan fingerprint density at radius 3 is 2.71 bits per heavy atom. The molecule has 94 valence electrons. The van der Waals surface area contributed by atoms with Gasteiger partial charge in [-0.2, -0.15) is 0 Å².